The molecule has 1 aromatic carbocycles. The van der Waals surface area contributed by atoms with Crippen LogP contribution in [0.1, 0.15) is 17.5 Å². The average molecular weight is 300 g/mol. The zero-order valence-corrected chi connectivity index (χ0v) is 11.9. The SMILES string of the molecule is COc1ccc(CN)cc1CN1CC=C(C(F)(F)F)CC1. The standard InChI is InChI=1S/C15H19F3N2O/c1-21-14-3-2-11(9-19)8-12(14)10-20-6-4-13(5-7-20)15(16,17)18/h2-4,8H,5-7,9-10,19H2,1H3. The smallest absolute Gasteiger partial charge is 0.412 e. The fourth-order valence-corrected chi connectivity index (χ4v) is 2.44. The van der Waals surface area contributed by atoms with E-state index in [9.17, 15) is 13.2 Å². The number of nitrogens with two attached hydrogens (primary N) is 1. The Morgan fingerprint density at radius 1 is 1.33 bits per heavy atom. The summed E-state index contributed by atoms with van der Waals surface area (Å²) in [6.07, 6.45) is -2.91. The highest BCUT2D eigenvalue weighted by Crippen LogP contribution is 2.31. The van der Waals surface area contributed by atoms with Crippen LogP contribution in [0, 0.1) is 0 Å². The molecule has 0 radical (unpaired) electrons. The second-order valence-corrected chi connectivity index (χ2v) is 5.06. The summed E-state index contributed by atoms with van der Waals surface area (Å²) in [6, 6.07) is 5.68. The summed E-state index contributed by atoms with van der Waals surface area (Å²) >= 11 is 0. The zero-order chi connectivity index (χ0) is 15.5. The molecule has 6 heteroatoms. The molecule has 0 aromatic heterocycles. The van der Waals surface area contributed by atoms with Gasteiger partial charge in [-0.2, -0.15) is 13.2 Å². The Kier molecular flexibility index (Phi) is 4.90. The molecule has 0 atom stereocenters. The summed E-state index contributed by atoms with van der Waals surface area (Å²) in [6.45, 7) is 1.67. The monoisotopic (exact) mass is 300 g/mol. The molecule has 1 aromatic rings. The van der Waals surface area contributed by atoms with Crippen LogP contribution >= 0.6 is 0 Å². The van der Waals surface area contributed by atoms with Gasteiger partial charge in [-0.05, 0) is 24.1 Å². The minimum atomic E-state index is -4.21. The van der Waals surface area contributed by atoms with Gasteiger partial charge >= 0.3 is 6.18 Å². The van der Waals surface area contributed by atoms with Crippen molar-refractivity contribution in [3.05, 3.63) is 41.0 Å². The Morgan fingerprint density at radius 2 is 2.10 bits per heavy atom. The van der Waals surface area contributed by atoms with Crippen molar-refractivity contribution in [3.63, 3.8) is 0 Å². The third kappa shape index (κ3) is 3.98. The predicted octanol–water partition coefficient (Wildman–Crippen LogP) is 2.85. The van der Waals surface area contributed by atoms with E-state index in [2.05, 4.69) is 0 Å². The van der Waals surface area contributed by atoms with E-state index in [-0.39, 0.29) is 6.42 Å². The molecule has 3 nitrogen and oxygen atoms in total. The lowest BCUT2D eigenvalue weighted by Gasteiger charge is -2.27. The summed E-state index contributed by atoms with van der Waals surface area (Å²) < 4.78 is 43.1. The van der Waals surface area contributed by atoms with Gasteiger partial charge in [-0.3, -0.25) is 4.90 Å². The van der Waals surface area contributed by atoms with Crippen LogP contribution in [-0.2, 0) is 13.1 Å². The largest absolute Gasteiger partial charge is 0.496 e. The summed E-state index contributed by atoms with van der Waals surface area (Å²) in [5.74, 6) is 0.734. The number of alkyl halides is 3. The van der Waals surface area contributed by atoms with Gasteiger partial charge < -0.3 is 10.5 Å². The van der Waals surface area contributed by atoms with Gasteiger partial charge in [0.2, 0.25) is 0 Å². The summed E-state index contributed by atoms with van der Waals surface area (Å²) in [7, 11) is 1.58. The Morgan fingerprint density at radius 3 is 2.62 bits per heavy atom. The van der Waals surface area contributed by atoms with E-state index >= 15 is 0 Å². The number of hydrogen-bond donors (Lipinski definition) is 1. The molecule has 2 rings (SSSR count). The maximum Gasteiger partial charge on any atom is 0.412 e. The lowest BCUT2D eigenvalue weighted by atomic mass is 10.1. The van der Waals surface area contributed by atoms with Crippen LogP contribution in [0.15, 0.2) is 29.8 Å². The van der Waals surface area contributed by atoms with Crippen LogP contribution in [0.25, 0.3) is 0 Å². The second kappa shape index (κ2) is 6.49. The summed E-state index contributed by atoms with van der Waals surface area (Å²) in [5, 5.41) is 0. The zero-order valence-electron chi connectivity index (χ0n) is 11.9. The molecule has 0 saturated heterocycles. The first-order chi connectivity index (χ1) is 9.94. The van der Waals surface area contributed by atoms with Gasteiger partial charge in [-0.15, -0.1) is 0 Å². The predicted molar refractivity (Wildman–Crippen MR) is 74.9 cm³/mol. The highest BCUT2D eigenvalue weighted by atomic mass is 19.4. The van der Waals surface area contributed by atoms with Crippen molar-refractivity contribution in [1.29, 1.82) is 0 Å². The van der Waals surface area contributed by atoms with Crippen molar-refractivity contribution in [3.8, 4) is 5.75 Å². The molecular weight excluding hydrogens is 281 g/mol. The van der Waals surface area contributed by atoms with Gasteiger partial charge in [0.05, 0.1) is 7.11 Å². The van der Waals surface area contributed by atoms with Gasteiger partial charge in [-0.25, -0.2) is 0 Å². The molecule has 116 valence electrons. The van der Waals surface area contributed by atoms with Gasteiger partial charge in [0.25, 0.3) is 0 Å². The van der Waals surface area contributed by atoms with E-state index in [0.29, 0.717) is 26.2 Å². The number of hydrogen-bond acceptors (Lipinski definition) is 3. The fourth-order valence-electron chi connectivity index (χ4n) is 2.44. The number of methoxy groups -OCH3 is 1. The molecule has 0 unspecified atom stereocenters. The summed E-state index contributed by atoms with van der Waals surface area (Å²) in [5.41, 5.74) is 7.12. The van der Waals surface area contributed by atoms with E-state index in [4.69, 9.17) is 10.5 Å². The molecule has 21 heavy (non-hydrogen) atoms. The molecule has 0 saturated carbocycles. The lowest BCUT2D eigenvalue weighted by molar-refractivity contribution is -0.0960. The third-order valence-electron chi connectivity index (χ3n) is 3.63. The first-order valence-electron chi connectivity index (χ1n) is 6.78. The molecule has 1 aliphatic rings. The van der Waals surface area contributed by atoms with Crippen molar-refractivity contribution >= 4 is 0 Å². The van der Waals surface area contributed by atoms with E-state index in [1.807, 2.05) is 23.1 Å². The molecule has 1 aliphatic heterocycles. The van der Waals surface area contributed by atoms with Crippen LogP contribution in [0.2, 0.25) is 0 Å². The van der Waals surface area contributed by atoms with Crippen LogP contribution in [-0.4, -0.2) is 31.3 Å². The number of ether oxygens (including phenoxy) is 1. The highest BCUT2D eigenvalue weighted by Gasteiger charge is 2.34. The molecular formula is C15H19F3N2O. The molecule has 1 heterocycles. The van der Waals surface area contributed by atoms with E-state index in [1.54, 1.807) is 7.11 Å². The van der Waals surface area contributed by atoms with Gasteiger partial charge in [0.1, 0.15) is 5.75 Å². The first kappa shape index (κ1) is 15.9. The highest BCUT2D eigenvalue weighted by molar-refractivity contribution is 5.37. The fraction of sp³-hybridized carbons (Fsp3) is 0.467. The lowest BCUT2D eigenvalue weighted by Crippen LogP contribution is -2.31. The van der Waals surface area contributed by atoms with Crippen LogP contribution in [0.3, 0.4) is 0 Å². The molecule has 0 fully saturated rings. The number of nitrogens with zero attached hydrogens (tertiary/aromatic N) is 1. The molecule has 2 N–H and O–H groups in total. The van der Waals surface area contributed by atoms with Crippen molar-refractivity contribution in [2.24, 2.45) is 5.73 Å². The van der Waals surface area contributed by atoms with Crippen molar-refractivity contribution in [2.45, 2.75) is 25.7 Å². The van der Waals surface area contributed by atoms with E-state index in [0.717, 1.165) is 16.9 Å². The maximum atomic E-state index is 12.6. The van der Waals surface area contributed by atoms with E-state index < -0.39 is 11.7 Å². The minimum absolute atomic E-state index is 0.0302. The molecule has 0 bridgehead atoms. The van der Waals surface area contributed by atoms with Crippen LogP contribution in [0.4, 0.5) is 13.2 Å². The number of benzene rings is 1. The van der Waals surface area contributed by atoms with Crippen LogP contribution < -0.4 is 10.5 Å². The quantitative estimate of drug-likeness (QED) is 0.869. The van der Waals surface area contributed by atoms with Gasteiger partial charge in [0.15, 0.2) is 0 Å². The topological polar surface area (TPSA) is 38.5 Å². The average Bonchev–Trinajstić information content (AvgIpc) is 2.46. The van der Waals surface area contributed by atoms with Crippen molar-refractivity contribution in [1.82, 2.24) is 4.90 Å². The Balaban J connectivity index is 2.08. The van der Waals surface area contributed by atoms with Gasteiger partial charge in [0, 0.05) is 37.3 Å². The number of halogens is 3. The minimum Gasteiger partial charge on any atom is -0.496 e. The summed E-state index contributed by atoms with van der Waals surface area (Å²) in [4.78, 5) is 1.97. The maximum absolute atomic E-state index is 12.6. The van der Waals surface area contributed by atoms with Crippen LogP contribution in [0.5, 0.6) is 5.75 Å². The molecule has 0 amide bonds. The van der Waals surface area contributed by atoms with E-state index in [1.165, 1.54) is 6.08 Å². The number of rotatable bonds is 4. The molecule has 0 aliphatic carbocycles. The first-order valence-corrected chi connectivity index (χ1v) is 6.78. The Bertz CT molecular complexity index is 526. The van der Waals surface area contributed by atoms with Crippen molar-refractivity contribution in [2.75, 3.05) is 20.2 Å². The molecule has 0 spiro atoms. The Labute approximate surface area is 122 Å². The van der Waals surface area contributed by atoms with Gasteiger partial charge in [-0.1, -0.05) is 12.1 Å². The van der Waals surface area contributed by atoms with Crippen molar-refractivity contribution < 1.29 is 17.9 Å². The normalized spacial score (nSPS) is 16.7. The third-order valence-corrected chi connectivity index (χ3v) is 3.63. The second-order valence-electron chi connectivity index (χ2n) is 5.06. The Hall–Kier alpha value is -1.53.